The van der Waals surface area contributed by atoms with Crippen molar-refractivity contribution < 1.29 is 22.7 Å². The Bertz CT molecular complexity index is 1450. The molecule has 0 radical (unpaired) electrons. The largest absolute Gasteiger partial charge is 0.493 e. The molecule has 1 aromatic heterocycles. The van der Waals surface area contributed by atoms with E-state index in [9.17, 15) is 13.2 Å². The number of sulfonamides is 1. The number of rotatable bonds is 12. The summed E-state index contributed by atoms with van der Waals surface area (Å²) in [5.74, 6) is 1.20. The van der Waals surface area contributed by atoms with Crippen LogP contribution in [0.3, 0.4) is 0 Å². The number of likely N-dealkylation sites (N-methyl/N-ethyl adjacent to an activating group) is 1. The molecule has 0 spiro atoms. The van der Waals surface area contributed by atoms with Gasteiger partial charge in [-0.25, -0.2) is 13.1 Å². The number of carbonyl (C=O) groups excluding carboxylic acids is 1. The Labute approximate surface area is 246 Å². The van der Waals surface area contributed by atoms with E-state index in [4.69, 9.17) is 9.47 Å². The van der Waals surface area contributed by atoms with Crippen molar-refractivity contribution in [1.82, 2.24) is 14.5 Å². The van der Waals surface area contributed by atoms with Crippen molar-refractivity contribution in [3.63, 3.8) is 0 Å². The molecular weight excluding hydrogens is 560 g/mol. The maximum Gasteiger partial charge on any atom is 0.255 e. The van der Waals surface area contributed by atoms with Gasteiger partial charge in [0.2, 0.25) is 10.0 Å². The number of carbonyl (C=O) groups is 1. The number of benzene rings is 2. The van der Waals surface area contributed by atoms with Crippen molar-refractivity contribution in [3.8, 4) is 11.5 Å². The number of fused-ring (bicyclic) bond motifs is 1. The average molecular weight is 599 g/mol. The van der Waals surface area contributed by atoms with Crippen molar-refractivity contribution >= 4 is 33.0 Å². The van der Waals surface area contributed by atoms with Crippen LogP contribution in [0.1, 0.15) is 47.3 Å². The Kier molecular flexibility index (Phi) is 9.18. The molecule has 2 aromatic carbocycles. The van der Waals surface area contributed by atoms with Gasteiger partial charge >= 0.3 is 0 Å². The maximum absolute atomic E-state index is 13.9. The average Bonchev–Trinajstić information content (AvgIpc) is 3.66. The van der Waals surface area contributed by atoms with Gasteiger partial charge in [-0.3, -0.25) is 4.79 Å². The molecule has 9 nitrogen and oxygen atoms in total. The van der Waals surface area contributed by atoms with Crippen LogP contribution in [0, 0.1) is 0 Å². The highest BCUT2D eigenvalue weighted by Gasteiger charge is 2.36. The molecule has 0 aliphatic carbocycles. The van der Waals surface area contributed by atoms with Crippen LogP contribution in [-0.2, 0) is 16.6 Å². The van der Waals surface area contributed by atoms with E-state index in [1.807, 2.05) is 35.2 Å². The number of thiophene rings is 1. The first-order valence-electron chi connectivity index (χ1n) is 14.0. The number of nitrogens with one attached hydrogen (secondary N) is 1. The zero-order valence-corrected chi connectivity index (χ0v) is 25.5. The predicted molar refractivity (Wildman–Crippen MR) is 162 cm³/mol. The second kappa shape index (κ2) is 12.8. The molecule has 220 valence electrons. The molecule has 1 saturated heterocycles. The zero-order chi connectivity index (χ0) is 29.0. The molecule has 1 amide bonds. The van der Waals surface area contributed by atoms with Gasteiger partial charge in [0.15, 0.2) is 11.5 Å². The van der Waals surface area contributed by atoms with Crippen molar-refractivity contribution in [2.24, 2.45) is 0 Å². The van der Waals surface area contributed by atoms with E-state index in [0.29, 0.717) is 35.1 Å². The van der Waals surface area contributed by atoms with E-state index in [0.717, 1.165) is 55.1 Å². The summed E-state index contributed by atoms with van der Waals surface area (Å²) in [6.45, 7) is 7.88. The van der Waals surface area contributed by atoms with Crippen LogP contribution in [-0.4, -0.2) is 77.6 Å². The highest BCUT2D eigenvalue weighted by atomic mass is 32.2. The van der Waals surface area contributed by atoms with E-state index < -0.39 is 10.0 Å². The number of methoxy groups -OCH3 is 2. The fourth-order valence-corrected chi connectivity index (χ4v) is 7.85. The summed E-state index contributed by atoms with van der Waals surface area (Å²) in [6, 6.07) is 14.8. The molecule has 0 unspecified atom stereocenters. The lowest BCUT2D eigenvalue weighted by Crippen LogP contribution is -2.46. The van der Waals surface area contributed by atoms with Crippen LogP contribution in [0.25, 0.3) is 0 Å². The monoisotopic (exact) mass is 598 g/mol. The first-order chi connectivity index (χ1) is 19.9. The normalized spacial score (nSPS) is 16.6. The number of hydrogen-bond donors (Lipinski definition) is 1. The highest BCUT2D eigenvalue weighted by molar-refractivity contribution is 7.91. The summed E-state index contributed by atoms with van der Waals surface area (Å²) in [7, 11) is -0.365. The van der Waals surface area contributed by atoms with E-state index in [2.05, 4.69) is 27.5 Å². The standard InChI is InChI=1S/C30H38N4O5S2/c1-4-32-15-17-33(18-16-32)26-9-5-8-23-24(26)21-34(30(23)35)25(22-12-13-27(38-2)28(20-22)39-3)10-6-14-31-41(36,37)29-11-7-19-40-29/h5,7-9,11-13,19-20,25,31H,4,6,10,14-18,21H2,1-3H3/t25-/m0/s1. The van der Waals surface area contributed by atoms with E-state index >= 15 is 0 Å². The third kappa shape index (κ3) is 6.23. The van der Waals surface area contributed by atoms with Gasteiger partial charge in [-0.05, 0) is 60.7 Å². The number of ether oxygens (including phenoxy) is 2. The highest BCUT2D eigenvalue weighted by Crippen LogP contribution is 2.40. The molecular formula is C30H38N4O5S2. The third-order valence-electron chi connectivity index (χ3n) is 8.01. The van der Waals surface area contributed by atoms with Gasteiger partial charge in [0, 0.05) is 56.1 Å². The van der Waals surface area contributed by atoms with Crippen molar-refractivity contribution in [1.29, 1.82) is 0 Å². The van der Waals surface area contributed by atoms with Crippen molar-refractivity contribution in [3.05, 3.63) is 70.6 Å². The SMILES string of the molecule is CCN1CCN(c2cccc3c2CN([C@@H](CCCNS(=O)(=O)c2cccs2)c2ccc(OC)c(OC)c2)C3=O)CC1. The molecule has 2 aliphatic heterocycles. The summed E-state index contributed by atoms with van der Waals surface area (Å²) in [5, 5.41) is 1.75. The van der Waals surface area contributed by atoms with Crippen LogP contribution in [0.15, 0.2) is 58.1 Å². The fourth-order valence-electron chi connectivity index (χ4n) is 5.74. The Morgan fingerprint density at radius 1 is 1.00 bits per heavy atom. The topological polar surface area (TPSA) is 91.4 Å². The second-order valence-corrected chi connectivity index (χ2v) is 13.2. The minimum Gasteiger partial charge on any atom is -0.493 e. The molecule has 3 aromatic rings. The Balaban J connectivity index is 1.39. The first kappa shape index (κ1) is 29.4. The predicted octanol–water partition coefficient (Wildman–Crippen LogP) is 4.36. The van der Waals surface area contributed by atoms with Crippen LogP contribution in [0.2, 0.25) is 0 Å². The van der Waals surface area contributed by atoms with Crippen LogP contribution in [0.4, 0.5) is 5.69 Å². The van der Waals surface area contributed by atoms with Gasteiger partial charge in [0.25, 0.3) is 5.91 Å². The Morgan fingerprint density at radius 2 is 1.78 bits per heavy atom. The van der Waals surface area contributed by atoms with Gasteiger partial charge in [-0.15, -0.1) is 11.3 Å². The van der Waals surface area contributed by atoms with Gasteiger partial charge < -0.3 is 24.2 Å². The lowest BCUT2D eigenvalue weighted by atomic mass is 9.99. The smallest absolute Gasteiger partial charge is 0.255 e. The second-order valence-electron chi connectivity index (χ2n) is 10.3. The Morgan fingerprint density at radius 3 is 2.46 bits per heavy atom. The van der Waals surface area contributed by atoms with E-state index in [1.165, 1.54) is 11.3 Å². The Hall–Kier alpha value is -3.12. The van der Waals surface area contributed by atoms with Crippen LogP contribution >= 0.6 is 11.3 Å². The van der Waals surface area contributed by atoms with Gasteiger partial charge in [-0.1, -0.05) is 25.1 Å². The van der Waals surface area contributed by atoms with E-state index in [-0.39, 0.29) is 18.5 Å². The summed E-state index contributed by atoms with van der Waals surface area (Å²) in [4.78, 5) is 20.7. The summed E-state index contributed by atoms with van der Waals surface area (Å²) < 4.78 is 39.3. The fraction of sp³-hybridized carbons (Fsp3) is 0.433. The lowest BCUT2D eigenvalue weighted by Gasteiger charge is -2.36. The van der Waals surface area contributed by atoms with Gasteiger partial charge in [0.1, 0.15) is 4.21 Å². The quantitative estimate of drug-likeness (QED) is 0.310. The number of anilines is 1. The molecule has 11 heteroatoms. The summed E-state index contributed by atoms with van der Waals surface area (Å²) in [6.07, 6.45) is 1.13. The number of piperazine rings is 1. The first-order valence-corrected chi connectivity index (χ1v) is 16.4. The number of amides is 1. The van der Waals surface area contributed by atoms with Gasteiger partial charge in [0.05, 0.1) is 20.3 Å². The molecule has 1 N–H and O–H groups in total. The lowest BCUT2D eigenvalue weighted by molar-refractivity contribution is 0.0689. The molecule has 2 aliphatic rings. The summed E-state index contributed by atoms with van der Waals surface area (Å²) >= 11 is 1.19. The zero-order valence-electron chi connectivity index (χ0n) is 23.8. The molecule has 1 fully saturated rings. The minimum absolute atomic E-state index is 0.00649. The minimum atomic E-state index is -3.55. The maximum atomic E-state index is 13.9. The molecule has 0 saturated carbocycles. The third-order valence-corrected chi connectivity index (χ3v) is 10.9. The molecule has 41 heavy (non-hydrogen) atoms. The molecule has 0 bridgehead atoms. The summed E-state index contributed by atoms with van der Waals surface area (Å²) in [5.41, 5.74) is 3.85. The van der Waals surface area contributed by atoms with Crippen molar-refractivity contribution in [2.75, 3.05) is 58.4 Å². The van der Waals surface area contributed by atoms with E-state index in [1.54, 1.807) is 31.7 Å². The number of hydrogen-bond acceptors (Lipinski definition) is 8. The number of nitrogens with zero attached hydrogens (tertiary/aromatic N) is 3. The molecule has 3 heterocycles. The van der Waals surface area contributed by atoms with Crippen molar-refractivity contribution in [2.45, 2.75) is 36.6 Å². The molecule has 5 rings (SSSR count). The van der Waals surface area contributed by atoms with Crippen LogP contribution < -0.4 is 19.1 Å². The van der Waals surface area contributed by atoms with Gasteiger partial charge in [-0.2, -0.15) is 0 Å². The molecule has 1 atom stereocenters. The van der Waals surface area contributed by atoms with Crippen LogP contribution in [0.5, 0.6) is 11.5 Å².